The lowest BCUT2D eigenvalue weighted by atomic mass is 10.2. The van der Waals surface area contributed by atoms with Crippen molar-refractivity contribution < 1.29 is 4.39 Å². The van der Waals surface area contributed by atoms with Gasteiger partial charge in [0.15, 0.2) is 0 Å². The molecule has 0 atom stereocenters. The number of thioether (sulfide) groups is 1. The molecule has 0 aliphatic rings. The summed E-state index contributed by atoms with van der Waals surface area (Å²) in [4.78, 5) is 1.26. The van der Waals surface area contributed by atoms with Crippen LogP contribution in [-0.4, -0.2) is 6.26 Å². The van der Waals surface area contributed by atoms with Crippen molar-refractivity contribution in [1.82, 2.24) is 5.32 Å². The Morgan fingerprint density at radius 1 is 1.00 bits per heavy atom. The van der Waals surface area contributed by atoms with Crippen molar-refractivity contribution in [3.8, 4) is 0 Å². The fraction of sp³-hybridized carbons (Fsp3) is 0.200. The third kappa shape index (κ3) is 3.59. The Bertz CT molecular complexity index is 496. The number of benzene rings is 2. The third-order valence-corrected chi connectivity index (χ3v) is 3.51. The van der Waals surface area contributed by atoms with E-state index < -0.39 is 0 Å². The molecule has 94 valence electrons. The summed E-state index contributed by atoms with van der Waals surface area (Å²) in [7, 11) is 0. The Labute approximate surface area is 111 Å². The molecule has 0 bridgehead atoms. The Kier molecular flexibility index (Phi) is 4.79. The van der Waals surface area contributed by atoms with Crippen LogP contribution in [-0.2, 0) is 13.1 Å². The minimum absolute atomic E-state index is 0.150. The Morgan fingerprint density at radius 2 is 1.72 bits per heavy atom. The predicted molar refractivity (Wildman–Crippen MR) is 75.2 cm³/mol. The van der Waals surface area contributed by atoms with Gasteiger partial charge in [0.1, 0.15) is 5.82 Å². The van der Waals surface area contributed by atoms with Crippen LogP contribution in [0, 0.1) is 5.82 Å². The van der Waals surface area contributed by atoms with E-state index >= 15 is 0 Å². The maximum absolute atomic E-state index is 13.4. The van der Waals surface area contributed by atoms with Crippen LogP contribution in [0.2, 0.25) is 0 Å². The van der Waals surface area contributed by atoms with Gasteiger partial charge in [-0.05, 0) is 30.0 Å². The molecule has 2 aromatic carbocycles. The van der Waals surface area contributed by atoms with Gasteiger partial charge in [-0.25, -0.2) is 4.39 Å². The molecule has 0 aromatic heterocycles. The molecule has 0 unspecified atom stereocenters. The summed E-state index contributed by atoms with van der Waals surface area (Å²) in [6, 6.07) is 15.3. The first-order valence-corrected chi connectivity index (χ1v) is 7.09. The molecule has 0 aliphatic heterocycles. The van der Waals surface area contributed by atoms with Crippen molar-refractivity contribution in [2.24, 2.45) is 0 Å². The van der Waals surface area contributed by atoms with Gasteiger partial charge in [-0.15, -0.1) is 11.8 Å². The highest BCUT2D eigenvalue weighted by Crippen LogP contribution is 2.14. The van der Waals surface area contributed by atoms with E-state index in [1.807, 2.05) is 6.07 Å². The SMILES string of the molecule is CSc1ccc(CNCc2ccccc2F)cc1. The van der Waals surface area contributed by atoms with E-state index in [2.05, 4.69) is 35.8 Å². The average molecular weight is 261 g/mol. The topological polar surface area (TPSA) is 12.0 Å². The molecule has 0 spiro atoms. The van der Waals surface area contributed by atoms with Crippen LogP contribution in [0.4, 0.5) is 4.39 Å². The summed E-state index contributed by atoms with van der Waals surface area (Å²) >= 11 is 1.73. The van der Waals surface area contributed by atoms with Crippen LogP contribution < -0.4 is 5.32 Å². The summed E-state index contributed by atoms with van der Waals surface area (Å²) in [5.41, 5.74) is 1.92. The standard InChI is InChI=1S/C15H16FNS/c1-18-14-8-6-12(7-9-14)10-17-11-13-4-2-3-5-15(13)16/h2-9,17H,10-11H2,1H3. The molecule has 0 aliphatic carbocycles. The Morgan fingerprint density at radius 3 is 2.39 bits per heavy atom. The molecule has 3 heteroatoms. The van der Waals surface area contributed by atoms with Crippen molar-refractivity contribution >= 4 is 11.8 Å². The highest BCUT2D eigenvalue weighted by molar-refractivity contribution is 7.98. The monoisotopic (exact) mass is 261 g/mol. The second kappa shape index (κ2) is 6.57. The van der Waals surface area contributed by atoms with Crippen LogP contribution >= 0.6 is 11.8 Å². The lowest BCUT2D eigenvalue weighted by Gasteiger charge is -2.06. The average Bonchev–Trinajstić information content (AvgIpc) is 2.42. The van der Waals surface area contributed by atoms with Crippen molar-refractivity contribution in [2.45, 2.75) is 18.0 Å². The minimum Gasteiger partial charge on any atom is -0.309 e. The molecule has 1 N–H and O–H groups in total. The van der Waals surface area contributed by atoms with Crippen LogP contribution in [0.25, 0.3) is 0 Å². The summed E-state index contributed by atoms with van der Waals surface area (Å²) in [5, 5.41) is 3.25. The highest BCUT2D eigenvalue weighted by atomic mass is 32.2. The van der Waals surface area contributed by atoms with E-state index in [0.717, 1.165) is 6.54 Å². The molecular weight excluding hydrogens is 245 g/mol. The second-order valence-electron chi connectivity index (χ2n) is 4.04. The van der Waals surface area contributed by atoms with Crippen LogP contribution in [0.1, 0.15) is 11.1 Å². The molecule has 18 heavy (non-hydrogen) atoms. The van der Waals surface area contributed by atoms with E-state index in [-0.39, 0.29) is 5.82 Å². The lowest BCUT2D eigenvalue weighted by Crippen LogP contribution is -2.13. The number of hydrogen-bond acceptors (Lipinski definition) is 2. The maximum Gasteiger partial charge on any atom is 0.127 e. The van der Waals surface area contributed by atoms with E-state index in [1.54, 1.807) is 23.9 Å². The second-order valence-corrected chi connectivity index (χ2v) is 4.92. The highest BCUT2D eigenvalue weighted by Gasteiger charge is 2.00. The fourth-order valence-electron chi connectivity index (χ4n) is 1.73. The first-order chi connectivity index (χ1) is 8.79. The fourth-order valence-corrected chi connectivity index (χ4v) is 2.13. The first kappa shape index (κ1) is 13.1. The van der Waals surface area contributed by atoms with Crippen LogP contribution in [0.3, 0.4) is 0 Å². The molecule has 2 rings (SSSR count). The zero-order valence-electron chi connectivity index (χ0n) is 10.3. The smallest absolute Gasteiger partial charge is 0.127 e. The summed E-state index contributed by atoms with van der Waals surface area (Å²) < 4.78 is 13.4. The summed E-state index contributed by atoms with van der Waals surface area (Å²) in [5.74, 6) is -0.150. The van der Waals surface area contributed by atoms with E-state index in [0.29, 0.717) is 12.1 Å². The maximum atomic E-state index is 13.4. The predicted octanol–water partition coefficient (Wildman–Crippen LogP) is 3.84. The number of rotatable bonds is 5. The quantitative estimate of drug-likeness (QED) is 0.821. The van der Waals surface area contributed by atoms with Crippen molar-refractivity contribution in [2.75, 3.05) is 6.26 Å². The van der Waals surface area contributed by atoms with Gasteiger partial charge in [0.05, 0.1) is 0 Å². The van der Waals surface area contributed by atoms with Crippen molar-refractivity contribution in [1.29, 1.82) is 0 Å². The van der Waals surface area contributed by atoms with Crippen molar-refractivity contribution in [3.05, 3.63) is 65.5 Å². The van der Waals surface area contributed by atoms with Gasteiger partial charge in [-0.2, -0.15) is 0 Å². The van der Waals surface area contributed by atoms with Gasteiger partial charge in [0.2, 0.25) is 0 Å². The zero-order valence-corrected chi connectivity index (χ0v) is 11.1. The number of nitrogens with one attached hydrogen (secondary N) is 1. The van der Waals surface area contributed by atoms with E-state index in [4.69, 9.17) is 0 Å². The van der Waals surface area contributed by atoms with Gasteiger partial charge in [0, 0.05) is 23.5 Å². The van der Waals surface area contributed by atoms with Gasteiger partial charge < -0.3 is 5.32 Å². The Balaban J connectivity index is 1.86. The molecule has 0 saturated heterocycles. The third-order valence-electron chi connectivity index (χ3n) is 2.76. The van der Waals surface area contributed by atoms with Crippen LogP contribution in [0.15, 0.2) is 53.4 Å². The zero-order chi connectivity index (χ0) is 12.8. The van der Waals surface area contributed by atoms with Gasteiger partial charge >= 0.3 is 0 Å². The molecule has 0 heterocycles. The number of hydrogen-bond donors (Lipinski definition) is 1. The first-order valence-electron chi connectivity index (χ1n) is 5.86. The molecule has 0 fully saturated rings. The Hall–Kier alpha value is -1.32. The number of halogens is 1. The molecule has 1 nitrogen and oxygen atoms in total. The summed E-state index contributed by atoms with van der Waals surface area (Å²) in [6.45, 7) is 1.31. The molecule has 0 saturated carbocycles. The molecule has 0 radical (unpaired) electrons. The lowest BCUT2D eigenvalue weighted by molar-refractivity contribution is 0.588. The van der Waals surface area contributed by atoms with E-state index in [9.17, 15) is 4.39 Å². The van der Waals surface area contributed by atoms with Gasteiger partial charge in [-0.1, -0.05) is 30.3 Å². The van der Waals surface area contributed by atoms with E-state index in [1.165, 1.54) is 16.5 Å². The minimum atomic E-state index is -0.150. The molecular formula is C15H16FNS. The van der Waals surface area contributed by atoms with Gasteiger partial charge in [-0.3, -0.25) is 0 Å². The van der Waals surface area contributed by atoms with Crippen molar-refractivity contribution in [3.63, 3.8) is 0 Å². The molecule has 2 aromatic rings. The largest absolute Gasteiger partial charge is 0.309 e. The van der Waals surface area contributed by atoms with Gasteiger partial charge in [0.25, 0.3) is 0 Å². The van der Waals surface area contributed by atoms with Crippen LogP contribution in [0.5, 0.6) is 0 Å². The molecule has 0 amide bonds. The normalized spacial score (nSPS) is 10.6. The summed E-state index contributed by atoms with van der Waals surface area (Å²) in [6.07, 6.45) is 2.06.